The van der Waals surface area contributed by atoms with Gasteiger partial charge in [-0.2, -0.15) is 0 Å². The Morgan fingerprint density at radius 3 is 2.70 bits per heavy atom. The molecular formula is C23H16ClN3O2S. The van der Waals surface area contributed by atoms with Crippen LogP contribution in [0, 0.1) is 0 Å². The van der Waals surface area contributed by atoms with Gasteiger partial charge in [0.1, 0.15) is 16.5 Å². The van der Waals surface area contributed by atoms with Crippen LogP contribution in [0.15, 0.2) is 66.7 Å². The minimum absolute atomic E-state index is 0.277. The molecule has 0 spiro atoms. The van der Waals surface area contributed by atoms with Crippen LogP contribution in [0.1, 0.15) is 9.67 Å². The van der Waals surface area contributed by atoms with Crippen LogP contribution in [-0.4, -0.2) is 23.0 Å². The number of aromatic amines is 1. The van der Waals surface area contributed by atoms with E-state index < -0.39 is 0 Å². The Labute approximate surface area is 181 Å². The Kier molecular flexibility index (Phi) is 4.65. The molecule has 5 aromatic rings. The number of fused-ring (bicyclic) bond motifs is 2. The molecule has 0 bridgehead atoms. The molecule has 2 N–H and O–H groups in total. The lowest BCUT2D eigenvalue weighted by Gasteiger charge is -2.11. The number of nitrogens with one attached hydrogen (secondary N) is 2. The van der Waals surface area contributed by atoms with Crippen LogP contribution in [0.5, 0.6) is 5.75 Å². The summed E-state index contributed by atoms with van der Waals surface area (Å²) < 4.78 is 6.41. The van der Waals surface area contributed by atoms with E-state index in [4.69, 9.17) is 16.3 Å². The minimum Gasteiger partial charge on any atom is -0.495 e. The summed E-state index contributed by atoms with van der Waals surface area (Å²) in [5, 5.41) is 4.28. The number of imidazole rings is 1. The van der Waals surface area contributed by atoms with E-state index in [9.17, 15) is 4.79 Å². The largest absolute Gasteiger partial charge is 0.495 e. The molecule has 0 atom stereocenters. The van der Waals surface area contributed by atoms with Crippen LogP contribution < -0.4 is 10.1 Å². The SMILES string of the molecule is COc1ccc(-c2nc3ccccc3[nH]2)cc1NC(=O)c1sc2ccccc2c1Cl. The normalized spacial score (nSPS) is 11.1. The van der Waals surface area contributed by atoms with Gasteiger partial charge in [0, 0.05) is 15.6 Å². The van der Waals surface area contributed by atoms with Crippen molar-refractivity contribution in [2.45, 2.75) is 0 Å². The zero-order valence-electron chi connectivity index (χ0n) is 15.9. The van der Waals surface area contributed by atoms with E-state index in [1.165, 1.54) is 11.3 Å². The highest BCUT2D eigenvalue weighted by atomic mass is 35.5. The van der Waals surface area contributed by atoms with E-state index in [0.29, 0.717) is 27.2 Å². The molecule has 0 aliphatic carbocycles. The number of thiophene rings is 1. The van der Waals surface area contributed by atoms with Crippen molar-refractivity contribution < 1.29 is 9.53 Å². The smallest absolute Gasteiger partial charge is 0.267 e. The molecule has 0 fully saturated rings. The number of amides is 1. The first-order chi connectivity index (χ1) is 14.6. The third-order valence-corrected chi connectivity index (χ3v) is 6.53. The molecule has 148 valence electrons. The summed E-state index contributed by atoms with van der Waals surface area (Å²) in [5.41, 5.74) is 3.22. The van der Waals surface area contributed by atoms with Gasteiger partial charge in [0.2, 0.25) is 0 Å². The zero-order chi connectivity index (χ0) is 20.7. The number of ether oxygens (including phenoxy) is 1. The number of methoxy groups -OCH3 is 1. The highest BCUT2D eigenvalue weighted by Crippen LogP contribution is 2.37. The second kappa shape index (κ2) is 7.48. The average molecular weight is 434 g/mol. The van der Waals surface area contributed by atoms with E-state index in [1.54, 1.807) is 7.11 Å². The van der Waals surface area contributed by atoms with Crippen molar-refractivity contribution >= 4 is 55.7 Å². The van der Waals surface area contributed by atoms with Crippen LogP contribution in [0.4, 0.5) is 5.69 Å². The number of rotatable bonds is 4. The summed E-state index contributed by atoms with van der Waals surface area (Å²) in [6.45, 7) is 0. The monoisotopic (exact) mass is 433 g/mol. The van der Waals surface area contributed by atoms with Gasteiger partial charge in [0.25, 0.3) is 5.91 Å². The summed E-state index contributed by atoms with van der Waals surface area (Å²) in [5.74, 6) is 0.996. The lowest BCUT2D eigenvalue weighted by Crippen LogP contribution is -2.11. The second-order valence-electron chi connectivity index (χ2n) is 6.71. The minimum atomic E-state index is -0.277. The highest BCUT2D eigenvalue weighted by molar-refractivity contribution is 7.21. The number of benzene rings is 3. The van der Waals surface area contributed by atoms with Gasteiger partial charge in [0.15, 0.2) is 0 Å². The number of anilines is 1. The first-order valence-corrected chi connectivity index (χ1v) is 10.4. The quantitative estimate of drug-likeness (QED) is 0.346. The molecule has 0 aliphatic rings. The standard InChI is InChI=1S/C23H16ClN3O2S/c1-29-18-11-10-13(22-25-15-7-3-4-8-16(15)26-22)12-17(18)27-23(28)21-20(24)14-6-2-5-9-19(14)30-21/h2-12H,1H3,(H,25,26)(H,27,28). The summed E-state index contributed by atoms with van der Waals surface area (Å²) >= 11 is 7.83. The molecule has 1 amide bonds. The Hall–Kier alpha value is -3.35. The number of H-pyrrole nitrogens is 1. The van der Waals surface area contributed by atoms with Crippen molar-refractivity contribution in [1.82, 2.24) is 9.97 Å². The number of hydrogen-bond donors (Lipinski definition) is 2. The predicted molar refractivity (Wildman–Crippen MR) is 123 cm³/mol. The van der Waals surface area contributed by atoms with Gasteiger partial charge in [0.05, 0.1) is 28.9 Å². The Bertz CT molecular complexity index is 1370. The van der Waals surface area contributed by atoms with Crippen LogP contribution in [0.25, 0.3) is 32.5 Å². The molecule has 2 aromatic heterocycles. The maximum absolute atomic E-state index is 13.0. The molecular weight excluding hydrogens is 418 g/mol. The first-order valence-electron chi connectivity index (χ1n) is 9.25. The first kappa shape index (κ1) is 18.7. The van der Waals surface area contributed by atoms with Crippen molar-refractivity contribution in [2.75, 3.05) is 12.4 Å². The fraction of sp³-hybridized carbons (Fsp3) is 0.0435. The number of aromatic nitrogens is 2. The lowest BCUT2D eigenvalue weighted by atomic mass is 10.1. The molecule has 5 nitrogen and oxygen atoms in total. The van der Waals surface area contributed by atoms with Crippen LogP contribution in [-0.2, 0) is 0 Å². The van der Waals surface area contributed by atoms with Crippen molar-refractivity contribution in [3.63, 3.8) is 0 Å². The van der Waals surface area contributed by atoms with E-state index in [-0.39, 0.29) is 5.91 Å². The van der Waals surface area contributed by atoms with E-state index in [2.05, 4.69) is 15.3 Å². The molecule has 5 rings (SSSR count). The number of carbonyl (C=O) groups is 1. The second-order valence-corrected chi connectivity index (χ2v) is 8.14. The highest BCUT2D eigenvalue weighted by Gasteiger charge is 2.19. The maximum atomic E-state index is 13.0. The van der Waals surface area contributed by atoms with Gasteiger partial charge >= 0.3 is 0 Å². The summed E-state index contributed by atoms with van der Waals surface area (Å²) in [6, 6.07) is 21.1. The lowest BCUT2D eigenvalue weighted by molar-refractivity contribution is 0.103. The molecule has 7 heteroatoms. The van der Waals surface area contributed by atoms with Gasteiger partial charge < -0.3 is 15.0 Å². The number of carbonyl (C=O) groups excluding carboxylic acids is 1. The van der Waals surface area contributed by atoms with Gasteiger partial charge in [-0.05, 0) is 36.4 Å². The zero-order valence-corrected chi connectivity index (χ0v) is 17.5. The van der Waals surface area contributed by atoms with Crippen molar-refractivity contribution in [1.29, 1.82) is 0 Å². The Morgan fingerprint density at radius 2 is 1.90 bits per heavy atom. The van der Waals surface area contributed by atoms with E-state index in [1.807, 2.05) is 66.7 Å². The average Bonchev–Trinajstić information content (AvgIpc) is 3.35. The summed E-state index contributed by atoms with van der Waals surface area (Å²) in [7, 11) is 1.57. The third kappa shape index (κ3) is 3.20. The molecule has 0 radical (unpaired) electrons. The predicted octanol–water partition coefficient (Wildman–Crippen LogP) is 6.36. The number of halogens is 1. The van der Waals surface area contributed by atoms with Gasteiger partial charge in [-0.25, -0.2) is 4.98 Å². The van der Waals surface area contributed by atoms with Gasteiger partial charge in [-0.1, -0.05) is 41.9 Å². The topological polar surface area (TPSA) is 67.0 Å². The Morgan fingerprint density at radius 1 is 1.10 bits per heavy atom. The van der Waals surface area contributed by atoms with Crippen molar-refractivity contribution in [3.8, 4) is 17.1 Å². The van der Waals surface area contributed by atoms with E-state index >= 15 is 0 Å². The van der Waals surface area contributed by atoms with Crippen molar-refractivity contribution in [3.05, 3.63) is 76.6 Å². The molecule has 2 heterocycles. The summed E-state index contributed by atoms with van der Waals surface area (Å²) in [6.07, 6.45) is 0. The summed E-state index contributed by atoms with van der Waals surface area (Å²) in [4.78, 5) is 21.4. The third-order valence-electron chi connectivity index (χ3n) is 4.85. The molecule has 30 heavy (non-hydrogen) atoms. The maximum Gasteiger partial charge on any atom is 0.267 e. The van der Waals surface area contributed by atoms with Gasteiger partial charge in [-0.15, -0.1) is 11.3 Å². The fourth-order valence-electron chi connectivity index (χ4n) is 3.38. The van der Waals surface area contributed by atoms with Crippen LogP contribution in [0.3, 0.4) is 0 Å². The fourth-order valence-corrected chi connectivity index (χ4v) is 4.79. The number of hydrogen-bond acceptors (Lipinski definition) is 4. The Balaban J connectivity index is 1.52. The van der Waals surface area contributed by atoms with E-state index in [0.717, 1.165) is 26.7 Å². The molecule has 0 saturated heterocycles. The molecule has 0 saturated carbocycles. The number of nitrogens with zero attached hydrogens (tertiary/aromatic N) is 1. The number of para-hydroxylation sites is 2. The van der Waals surface area contributed by atoms with Crippen molar-refractivity contribution in [2.24, 2.45) is 0 Å². The van der Waals surface area contributed by atoms with Gasteiger partial charge in [-0.3, -0.25) is 4.79 Å². The molecule has 0 unspecified atom stereocenters. The molecule has 3 aromatic carbocycles. The van der Waals surface area contributed by atoms with Crippen LogP contribution >= 0.6 is 22.9 Å². The molecule has 0 aliphatic heterocycles. The van der Waals surface area contributed by atoms with Crippen LogP contribution in [0.2, 0.25) is 5.02 Å².